The molecule has 1 aliphatic heterocycles. The number of anilines is 1. The molecule has 0 aliphatic carbocycles. The number of benzene rings is 1. The molecule has 1 amide bonds. The van der Waals surface area contributed by atoms with Crippen LogP contribution in [0.1, 0.15) is 60.8 Å². The van der Waals surface area contributed by atoms with Gasteiger partial charge in [-0.3, -0.25) is 14.8 Å². The Bertz CT molecular complexity index is 735. The number of aromatic amines is 1. The molecule has 2 aromatic rings. The van der Waals surface area contributed by atoms with Gasteiger partial charge in [-0.15, -0.1) is 0 Å². The van der Waals surface area contributed by atoms with Gasteiger partial charge in [0, 0.05) is 12.2 Å². The predicted octanol–water partition coefficient (Wildman–Crippen LogP) is 4.53. The molecule has 1 aromatic heterocycles. The van der Waals surface area contributed by atoms with E-state index in [-0.39, 0.29) is 11.8 Å². The van der Waals surface area contributed by atoms with Crippen LogP contribution < -0.4 is 5.32 Å². The molecule has 1 saturated heterocycles. The minimum atomic E-state index is -0.204. The van der Waals surface area contributed by atoms with Gasteiger partial charge in [0.1, 0.15) is 0 Å². The van der Waals surface area contributed by atoms with Crippen molar-refractivity contribution in [3.8, 4) is 0 Å². The van der Waals surface area contributed by atoms with E-state index in [1.165, 1.54) is 24.8 Å². The van der Waals surface area contributed by atoms with E-state index in [2.05, 4.69) is 62.3 Å². The number of likely N-dealkylation sites (tertiary alicyclic amines) is 1. The summed E-state index contributed by atoms with van der Waals surface area (Å²) in [5, 5.41) is 10.1. The Labute approximate surface area is 157 Å². The molecule has 1 fully saturated rings. The first kappa shape index (κ1) is 18.1. The zero-order valence-electron chi connectivity index (χ0n) is 14.8. The molecule has 134 valence electrons. The second kappa shape index (κ2) is 8.15. The topological polar surface area (TPSA) is 61.0 Å². The third-order valence-electron chi connectivity index (χ3n) is 4.56. The van der Waals surface area contributed by atoms with E-state index < -0.39 is 0 Å². The van der Waals surface area contributed by atoms with Gasteiger partial charge in [-0.2, -0.15) is 5.10 Å². The summed E-state index contributed by atoms with van der Waals surface area (Å²) in [6.07, 6.45) is 3.90. The van der Waals surface area contributed by atoms with Crippen LogP contribution in [0.2, 0.25) is 0 Å². The molecular weight excluding hydrogens is 380 g/mol. The van der Waals surface area contributed by atoms with Crippen LogP contribution in [0.5, 0.6) is 0 Å². The number of halogens is 1. The first-order chi connectivity index (χ1) is 12.0. The second-order valence-corrected chi connectivity index (χ2v) is 7.74. The van der Waals surface area contributed by atoms with Crippen LogP contribution in [0.15, 0.2) is 28.7 Å². The first-order valence-corrected chi connectivity index (χ1v) is 9.70. The minimum absolute atomic E-state index is 0.204. The summed E-state index contributed by atoms with van der Waals surface area (Å²) < 4.78 is 0.740. The predicted molar refractivity (Wildman–Crippen MR) is 104 cm³/mol. The Hall–Kier alpha value is -1.66. The summed E-state index contributed by atoms with van der Waals surface area (Å²) in [6.45, 7) is 7.38. The molecule has 2 N–H and O–H groups in total. The maximum absolute atomic E-state index is 12.5. The van der Waals surface area contributed by atoms with E-state index >= 15 is 0 Å². The van der Waals surface area contributed by atoms with Gasteiger partial charge in [-0.25, -0.2) is 0 Å². The highest BCUT2D eigenvalue weighted by atomic mass is 79.9. The average molecular weight is 405 g/mol. The summed E-state index contributed by atoms with van der Waals surface area (Å²) in [4.78, 5) is 15.0. The molecule has 0 saturated carbocycles. The number of hydrogen-bond donors (Lipinski definition) is 2. The summed E-state index contributed by atoms with van der Waals surface area (Å²) >= 11 is 3.48. The number of nitrogens with zero attached hydrogens (tertiary/aromatic N) is 2. The van der Waals surface area contributed by atoms with Crippen LogP contribution >= 0.6 is 15.9 Å². The summed E-state index contributed by atoms with van der Waals surface area (Å²) in [5.41, 5.74) is 3.36. The quantitative estimate of drug-likeness (QED) is 0.768. The molecule has 3 rings (SSSR count). The van der Waals surface area contributed by atoms with Crippen molar-refractivity contribution < 1.29 is 4.79 Å². The Morgan fingerprint density at radius 3 is 2.76 bits per heavy atom. The van der Waals surface area contributed by atoms with Gasteiger partial charge >= 0.3 is 0 Å². The number of aromatic nitrogens is 2. The monoisotopic (exact) mass is 404 g/mol. The Morgan fingerprint density at radius 1 is 1.32 bits per heavy atom. The number of carbonyl (C=O) groups excluding carboxylic acids is 1. The fourth-order valence-corrected chi connectivity index (χ4v) is 4.00. The fourth-order valence-electron chi connectivity index (χ4n) is 3.19. The van der Waals surface area contributed by atoms with E-state index in [1.54, 1.807) is 0 Å². The van der Waals surface area contributed by atoms with Crippen molar-refractivity contribution in [2.75, 3.05) is 18.4 Å². The second-order valence-electron chi connectivity index (χ2n) is 6.95. The van der Waals surface area contributed by atoms with Crippen molar-refractivity contribution in [1.82, 2.24) is 15.1 Å². The van der Waals surface area contributed by atoms with E-state index in [0.717, 1.165) is 35.5 Å². The van der Waals surface area contributed by atoms with Gasteiger partial charge in [0.2, 0.25) is 0 Å². The Kier molecular flexibility index (Phi) is 5.91. The lowest BCUT2D eigenvalue weighted by atomic mass is 10.1. The van der Waals surface area contributed by atoms with Crippen molar-refractivity contribution in [3.05, 3.63) is 45.7 Å². The SMILES string of the molecule is CC(C)c1[nH]nc(C(=O)Nc2cccc(CN3CCCCC3)c2)c1Br. The minimum Gasteiger partial charge on any atom is -0.321 e. The van der Waals surface area contributed by atoms with Crippen molar-refractivity contribution in [1.29, 1.82) is 0 Å². The van der Waals surface area contributed by atoms with Crippen LogP contribution in [0, 0.1) is 0 Å². The smallest absolute Gasteiger partial charge is 0.277 e. The zero-order chi connectivity index (χ0) is 17.8. The molecule has 0 radical (unpaired) electrons. The van der Waals surface area contributed by atoms with Gasteiger partial charge in [0.25, 0.3) is 5.91 Å². The molecule has 1 aliphatic rings. The maximum Gasteiger partial charge on any atom is 0.277 e. The summed E-state index contributed by atoms with van der Waals surface area (Å²) in [7, 11) is 0. The normalized spacial score (nSPS) is 15.5. The fraction of sp³-hybridized carbons (Fsp3) is 0.474. The molecule has 5 nitrogen and oxygen atoms in total. The number of rotatable bonds is 5. The molecule has 0 unspecified atom stereocenters. The highest BCUT2D eigenvalue weighted by Gasteiger charge is 2.19. The molecule has 0 bridgehead atoms. The van der Waals surface area contributed by atoms with Crippen LogP contribution in [0.4, 0.5) is 5.69 Å². The summed E-state index contributed by atoms with van der Waals surface area (Å²) in [6, 6.07) is 8.08. The number of amides is 1. The lowest BCUT2D eigenvalue weighted by Gasteiger charge is -2.26. The molecule has 2 heterocycles. The van der Waals surface area contributed by atoms with Crippen LogP contribution in [-0.4, -0.2) is 34.1 Å². The number of H-pyrrole nitrogens is 1. The van der Waals surface area contributed by atoms with E-state index in [9.17, 15) is 4.79 Å². The molecular formula is C19H25BrN4O. The highest BCUT2D eigenvalue weighted by molar-refractivity contribution is 9.10. The van der Waals surface area contributed by atoms with E-state index in [4.69, 9.17) is 0 Å². The van der Waals surface area contributed by atoms with E-state index in [1.807, 2.05) is 12.1 Å². The van der Waals surface area contributed by atoms with Crippen molar-refractivity contribution in [2.24, 2.45) is 0 Å². The lowest BCUT2D eigenvalue weighted by molar-refractivity contribution is 0.102. The van der Waals surface area contributed by atoms with Gasteiger partial charge in [0.05, 0.1) is 10.2 Å². The lowest BCUT2D eigenvalue weighted by Crippen LogP contribution is -2.29. The van der Waals surface area contributed by atoms with Gasteiger partial charge < -0.3 is 5.32 Å². The molecule has 0 spiro atoms. The van der Waals surface area contributed by atoms with Crippen molar-refractivity contribution in [3.63, 3.8) is 0 Å². The largest absolute Gasteiger partial charge is 0.321 e. The van der Waals surface area contributed by atoms with Crippen molar-refractivity contribution >= 4 is 27.5 Å². The zero-order valence-corrected chi connectivity index (χ0v) is 16.4. The third-order valence-corrected chi connectivity index (χ3v) is 5.37. The number of carbonyl (C=O) groups is 1. The Morgan fingerprint density at radius 2 is 2.08 bits per heavy atom. The van der Waals surface area contributed by atoms with Crippen LogP contribution in [-0.2, 0) is 6.54 Å². The third kappa shape index (κ3) is 4.50. The van der Waals surface area contributed by atoms with Crippen LogP contribution in [0.3, 0.4) is 0 Å². The Balaban J connectivity index is 1.68. The molecule has 25 heavy (non-hydrogen) atoms. The number of hydrogen-bond acceptors (Lipinski definition) is 3. The average Bonchev–Trinajstić information content (AvgIpc) is 2.98. The molecule has 0 atom stereocenters. The standard InChI is InChI=1S/C19H25BrN4O/c1-13(2)17-16(20)18(23-22-17)19(25)21-15-8-6-7-14(11-15)12-24-9-4-3-5-10-24/h6-8,11,13H,3-5,9-10,12H2,1-2H3,(H,21,25)(H,22,23). The van der Waals surface area contributed by atoms with Gasteiger partial charge in [-0.1, -0.05) is 32.4 Å². The summed E-state index contributed by atoms with van der Waals surface area (Å²) in [5.74, 6) is 0.0708. The molecule has 1 aromatic carbocycles. The number of piperidine rings is 1. The van der Waals surface area contributed by atoms with Gasteiger partial charge in [0.15, 0.2) is 5.69 Å². The van der Waals surface area contributed by atoms with Crippen molar-refractivity contribution in [2.45, 2.75) is 45.6 Å². The first-order valence-electron chi connectivity index (χ1n) is 8.91. The molecule has 6 heteroatoms. The van der Waals surface area contributed by atoms with Gasteiger partial charge in [-0.05, 0) is 65.5 Å². The van der Waals surface area contributed by atoms with Crippen LogP contribution in [0.25, 0.3) is 0 Å². The van der Waals surface area contributed by atoms with E-state index in [0.29, 0.717) is 5.69 Å². The number of nitrogens with one attached hydrogen (secondary N) is 2. The maximum atomic E-state index is 12.5. The highest BCUT2D eigenvalue weighted by Crippen LogP contribution is 2.26.